The molecule has 11 heteroatoms. The van der Waals surface area contributed by atoms with Gasteiger partial charge in [-0.1, -0.05) is 11.6 Å². The van der Waals surface area contributed by atoms with Gasteiger partial charge in [-0.3, -0.25) is 23.9 Å². The number of aliphatic hydroxyl groups is 1. The van der Waals surface area contributed by atoms with Crippen molar-refractivity contribution in [1.82, 2.24) is 14.9 Å². The van der Waals surface area contributed by atoms with Crippen molar-refractivity contribution in [2.24, 2.45) is 11.8 Å². The minimum Gasteiger partial charge on any atom is -0.393 e. The number of nitrogens with one attached hydrogen (secondary N) is 2. The molecule has 0 radical (unpaired) electrons. The maximum absolute atomic E-state index is 14.6. The Morgan fingerprint density at radius 3 is 2.79 bits per heavy atom. The van der Waals surface area contributed by atoms with Gasteiger partial charge in [0.05, 0.1) is 32.9 Å². The first-order valence-corrected chi connectivity index (χ1v) is 11.4. The van der Waals surface area contributed by atoms with Gasteiger partial charge >= 0.3 is 0 Å². The minimum atomic E-state index is -0.765. The van der Waals surface area contributed by atoms with Crippen LogP contribution in [0.5, 0.6) is 0 Å². The lowest BCUT2D eigenvalue weighted by Crippen LogP contribution is -2.32. The Bertz CT molecular complexity index is 1250. The van der Waals surface area contributed by atoms with Crippen molar-refractivity contribution in [2.45, 2.75) is 18.9 Å². The Balaban J connectivity index is 1.35. The minimum absolute atomic E-state index is 0.0216. The molecule has 2 aromatic heterocycles. The van der Waals surface area contributed by atoms with E-state index in [1.54, 1.807) is 12.1 Å². The molecule has 1 aliphatic rings. The molecule has 4 rings (SSSR count). The highest BCUT2D eigenvalue weighted by Gasteiger charge is 2.37. The predicted octanol–water partition coefficient (Wildman–Crippen LogP) is 2.84. The number of thiophene rings is 1. The van der Waals surface area contributed by atoms with E-state index in [4.69, 9.17) is 11.6 Å². The number of rotatable bonds is 6. The molecule has 1 aliphatic carbocycles. The van der Waals surface area contributed by atoms with Crippen LogP contribution in [0.4, 0.5) is 10.1 Å². The van der Waals surface area contributed by atoms with Crippen LogP contribution in [-0.4, -0.2) is 39.1 Å². The maximum Gasteiger partial charge on any atom is 0.273 e. The molecule has 2 heterocycles. The topological polar surface area (TPSA) is 113 Å². The maximum atomic E-state index is 14.6. The molecule has 0 aliphatic heterocycles. The molecule has 3 aromatic rings. The quantitative estimate of drug-likeness (QED) is 0.491. The molecule has 8 nitrogen and oxygen atoms in total. The van der Waals surface area contributed by atoms with Gasteiger partial charge in [0.15, 0.2) is 0 Å². The lowest BCUT2D eigenvalue weighted by Gasteiger charge is -2.15. The third kappa shape index (κ3) is 5.29. The van der Waals surface area contributed by atoms with Crippen LogP contribution in [0.15, 0.2) is 53.7 Å². The first-order chi connectivity index (χ1) is 15.8. The number of nitrogens with zero attached hydrogens (tertiary/aromatic N) is 2. The molecular formula is C22H20ClFN4O4S. The second kappa shape index (κ2) is 9.82. The third-order valence-electron chi connectivity index (χ3n) is 5.56. The van der Waals surface area contributed by atoms with Crippen LogP contribution in [-0.2, 0) is 4.79 Å². The SMILES string of the molecule is O=C(NC[C@H]1C[C@H](C(=O)Nc2ccc(-n3ccncc3=O)cc2F)C[C@@H]1O)c1ccc(Cl)s1. The highest BCUT2D eigenvalue weighted by Crippen LogP contribution is 2.32. The van der Waals surface area contributed by atoms with Crippen LogP contribution in [0.3, 0.4) is 0 Å². The zero-order valence-corrected chi connectivity index (χ0v) is 18.8. The van der Waals surface area contributed by atoms with Crippen molar-refractivity contribution in [3.63, 3.8) is 0 Å². The molecule has 0 bridgehead atoms. The summed E-state index contributed by atoms with van der Waals surface area (Å²) >= 11 is 7.00. The standard InChI is InChI=1S/C22H20ClFN4O4S/c23-19-4-3-18(33-19)22(32)26-10-13-7-12(8-17(13)29)21(31)27-16-2-1-14(9-15(16)24)28-6-5-25-11-20(28)30/h1-6,9,11-13,17,29H,7-8,10H2,(H,26,32)(H,27,31)/t12-,13+,17-/m0/s1. The molecule has 33 heavy (non-hydrogen) atoms. The molecule has 0 unspecified atom stereocenters. The summed E-state index contributed by atoms with van der Waals surface area (Å²) in [5, 5.41) is 15.7. The summed E-state index contributed by atoms with van der Waals surface area (Å²) in [5.41, 5.74) is -0.127. The summed E-state index contributed by atoms with van der Waals surface area (Å²) in [6.45, 7) is 0.211. The smallest absolute Gasteiger partial charge is 0.273 e. The molecule has 1 saturated carbocycles. The number of aliphatic hydroxyl groups excluding tert-OH is 1. The van der Waals surface area contributed by atoms with Gasteiger partial charge in [-0.25, -0.2) is 4.39 Å². The molecule has 2 amide bonds. The molecule has 0 saturated heterocycles. The van der Waals surface area contributed by atoms with E-state index in [1.807, 2.05) is 0 Å². The molecule has 1 aromatic carbocycles. The Labute approximate surface area is 197 Å². The molecule has 172 valence electrons. The van der Waals surface area contributed by atoms with Crippen LogP contribution in [0, 0.1) is 17.7 Å². The van der Waals surface area contributed by atoms with E-state index in [9.17, 15) is 23.9 Å². The van der Waals surface area contributed by atoms with Crippen molar-refractivity contribution in [3.05, 3.63) is 74.3 Å². The van der Waals surface area contributed by atoms with E-state index in [2.05, 4.69) is 15.6 Å². The monoisotopic (exact) mass is 490 g/mol. The predicted molar refractivity (Wildman–Crippen MR) is 122 cm³/mol. The van der Waals surface area contributed by atoms with E-state index in [0.29, 0.717) is 21.3 Å². The van der Waals surface area contributed by atoms with Crippen molar-refractivity contribution in [3.8, 4) is 5.69 Å². The van der Waals surface area contributed by atoms with E-state index in [-0.39, 0.29) is 30.5 Å². The van der Waals surface area contributed by atoms with Crippen molar-refractivity contribution >= 4 is 40.4 Å². The van der Waals surface area contributed by atoms with Gasteiger partial charge in [-0.2, -0.15) is 0 Å². The Hall–Kier alpha value is -3.08. The van der Waals surface area contributed by atoms with Gasteiger partial charge in [-0.15, -0.1) is 11.3 Å². The van der Waals surface area contributed by atoms with Gasteiger partial charge in [0.1, 0.15) is 5.82 Å². The number of aromatic nitrogens is 2. The number of hydrogen-bond acceptors (Lipinski definition) is 6. The molecule has 3 atom stereocenters. The fraction of sp³-hybridized carbons (Fsp3) is 0.273. The Kier molecular flexibility index (Phi) is 6.87. The highest BCUT2D eigenvalue weighted by atomic mass is 35.5. The van der Waals surface area contributed by atoms with Gasteiger partial charge in [-0.05, 0) is 37.1 Å². The van der Waals surface area contributed by atoms with Gasteiger partial charge in [0, 0.05) is 36.8 Å². The number of carbonyl (C=O) groups is 2. The molecule has 0 spiro atoms. The second-order valence-corrected chi connectivity index (χ2v) is 9.46. The number of hydrogen-bond donors (Lipinski definition) is 3. The van der Waals surface area contributed by atoms with Crippen molar-refractivity contribution in [1.29, 1.82) is 0 Å². The van der Waals surface area contributed by atoms with E-state index in [0.717, 1.165) is 23.6 Å². The number of halogens is 2. The average molecular weight is 491 g/mol. The molecular weight excluding hydrogens is 471 g/mol. The van der Waals surface area contributed by atoms with Crippen LogP contribution in [0.2, 0.25) is 4.34 Å². The Morgan fingerprint density at radius 2 is 2.09 bits per heavy atom. The van der Waals surface area contributed by atoms with Crippen LogP contribution >= 0.6 is 22.9 Å². The number of carbonyl (C=O) groups excluding carboxylic acids is 2. The summed E-state index contributed by atoms with van der Waals surface area (Å²) in [6, 6.07) is 7.29. The van der Waals surface area contributed by atoms with Crippen molar-refractivity contribution < 1.29 is 19.1 Å². The summed E-state index contributed by atoms with van der Waals surface area (Å²) in [6.07, 6.45) is 3.75. The second-order valence-electron chi connectivity index (χ2n) is 7.75. The molecule has 3 N–H and O–H groups in total. The third-order valence-corrected chi connectivity index (χ3v) is 6.79. The first-order valence-electron chi connectivity index (χ1n) is 10.2. The van der Waals surface area contributed by atoms with E-state index < -0.39 is 29.3 Å². The van der Waals surface area contributed by atoms with E-state index >= 15 is 0 Å². The Morgan fingerprint density at radius 1 is 1.27 bits per heavy atom. The normalized spacial score (nSPS) is 19.9. The summed E-state index contributed by atoms with van der Waals surface area (Å²) in [4.78, 5) is 40.9. The lowest BCUT2D eigenvalue weighted by atomic mass is 10.0. The number of benzene rings is 1. The first kappa shape index (κ1) is 23.1. The van der Waals surface area contributed by atoms with Crippen LogP contribution < -0.4 is 16.2 Å². The lowest BCUT2D eigenvalue weighted by molar-refractivity contribution is -0.119. The van der Waals surface area contributed by atoms with E-state index in [1.165, 1.54) is 29.1 Å². The fourth-order valence-electron chi connectivity index (χ4n) is 3.83. The van der Waals surface area contributed by atoms with Gasteiger partial charge < -0.3 is 15.7 Å². The fourth-order valence-corrected chi connectivity index (χ4v) is 4.79. The van der Waals surface area contributed by atoms with Crippen molar-refractivity contribution in [2.75, 3.05) is 11.9 Å². The van der Waals surface area contributed by atoms with Gasteiger partial charge in [0.25, 0.3) is 11.5 Å². The average Bonchev–Trinajstić information content (AvgIpc) is 3.39. The highest BCUT2D eigenvalue weighted by molar-refractivity contribution is 7.18. The summed E-state index contributed by atoms with van der Waals surface area (Å²) in [5.74, 6) is -2.23. The van der Waals surface area contributed by atoms with Gasteiger partial charge in [0.2, 0.25) is 5.91 Å². The largest absolute Gasteiger partial charge is 0.393 e. The number of amides is 2. The zero-order chi connectivity index (χ0) is 23.5. The summed E-state index contributed by atoms with van der Waals surface area (Å²) < 4.78 is 16.3. The van der Waals surface area contributed by atoms with Crippen LogP contribution in [0.1, 0.15) is 22.5 Å². The zero-order valence-electron chi connectivity index (χ0n) is 17.2. The number of anilines is 1. The molecule has 1 fully saturated rings. The summed E-state index contributed by atoms with van der Waals surface area (Å²) in [7, 11) is 0. The van der Waals surface area contributed by atoms with Crippen LogP contribution in [0.25, 0.3) is 5.69 Å².